The Bertz CT molecular complexity index is 1250. The van der Waals surface area contributed by atoms with E-state index in [1.807, 2.05) is 84.0 Å². The first-order valence-electron chi connectivity index (χ1n) is 10.4. The Morgan fingerprint density at radius 1 is 1.16 bits per heavy atom. The van der Waals surface area contributed by atoms with Crippen molar-refractivity contribution in [3.63, 3.8) is 0 Å². The van der Waals surface area contributed by atoms with Crippen LogP contribution < -0.4 is 10.1 Å². The van der Waals surface area contributed by atoms with Gasteiger partial charge in [0, 0.05) is 23.0 Å². The Hall–Kier alpha value is -3.25. The predicted octanol–water partition coefficient (Wildman–Crippen LogP) is 5.19. The molecule has 0 spiro atoms. The summed E-state index contributed by atoms with van der Waals surface area (Å²) in [5, 5.41) is 3.21. The van der Waals surface area contributed by atoms with E-state index >= 15 is 0 Å². The molecule has 2 aromatic carbocycles. The topological polar surface area (TPSA) is 55.6 Å². The van der Waals surface area contributed by atoms with Crippen molar-refractivity contribution in [3.8, 4) is 5.75 Å². The molecule has 0 fully saturated rings. The maximum Gasteiger partial charge on any atom is 0.255 e. The van der Waals surface area contributed by atoms with E-state index in [1.54, 1.807) is 0 Å². The van der Waals surface area contributed by atoms with Gasteiger partial charge in [0.25, 0.3) is 5.91 Å². The molecule has 1 amide bonds. The lowest BCUT2D eigenvalue weighted by Gasteiger charge is -2.26. The SMILES string of the molecule is Cc1cccn2cc(COc3ccccc3C(=O)NC3CCSc4ccccc43)nc12. The number of carbonyl (C=O) groups excluding carboxylic acids is 1. The quantitative estimate of drug-likeness (QED) is 0.474. The van der Waals surface area contributed by atoms with Gasteiger partial charge in [-0.25, -0.2) is 4.98 Å². The molecule has 0 saturated heterocycles. The molecular formula is C25H23N3O2S. The maximum absolute atomic E-state index is 13.1. The fourth-order valence-electron chi connectivity index (χ4n) is 3.93. The Balaban J connectivity index is 1.33. The number of benzene rings is 2. The summed E-state index contributed by atoms with van der Waals surface area (Å²) in [5.74, 6) is 1.44. The molecule has 0 bridgehead atoms. The van der Waals surface area contributed by atoms with Crippen LogP contribution in [0, 0.1) is 6.92 Å². The molecule has 0 radical (unpaired) electrons. The van der Waals surface area contributed by atoms with Crippen LogP contribution in [0.4, 0.5) is 0 Å². The van der Waals surface area contributed by atoms with Gasteiger partial charge >= 0.3 is 0 Å². The van der Waals surface area contributed by atoms with Crippen LogP contribution in [0.2, 0.25) is 0 Å². The summed E-state index contributed by atoms with van der Waals surface area (Å²) in [5.41, 5.74) is 4.58. The largest absolute Gasteiger partial charge is 0.486 e. The molecule has 5 nitrogen and oxygen atoms in total. The normalized spacial score (nSPS) is 15.5. The predicted molar refractivity (Wildman–Crippen MR) is 123 cm³/mol. The minimum absolute atomic E-state index is 0.0134. The number of aromatic nitrogens is 2. The van der Waals surface area contributed by atoms with E-state index < -0.39 is 0 Å². The zero-order valence-electron chi connectivity index (χ0n) is 17.2. The van der Waals surface area contributed by atoms with Gasteiger partial charge in [0.05, 0.1) is 17.3 Å². The molecule has 5 rings (SSSR count). The third-order valence-corrected chi connectivity index (χ3v) is 6.62. The minimum atomic E-state index is -0.117. The molecule has 1 aliphatic heterocycles. The number of para-hydroxylation sites is 1. The summed E-state index contributed by atoms with van der Waals surface area (Å²) in [4.78, 5) is 19.0. The second-order valence-corrected chi connectivity index (χ2v) is 8.78. The molecular weight excluding hydrogens is 406 g/mol. The van der Waals surface area contributed by atoms with Crippen LogP contribution in [0.3, 0.4) is 0 Å². The number of aryl methyl sites for hydroxylation is 1. The van der Waals surface area contributed by atoms with Crippen molar-refractivity contribution in [2.24, 2.45) is 0 Å². The fraction of sp³-hybridized carbons (Fsp3) is 0.200. The molecule has 31 heavy (non-hydrogen) atoms. The maximum atomic E-state index is 13.1. The monoisotopic (exact) mass is 429 g/mol. The molecule has 1 N–H and O–H groups in total. The first kappa shape index (κ1) is 19.7. The Morgan fingerprint density at radius 3 is 2.90 bits per heavy atom. The highest BCUT2D eigenvalue weighted by atomic mass is 32.2. The third kappa shape index (κ3) is 4.03. The highest BCUT2D eigenvalue weighted by Gasteiger charge is 2.23. The van der Waals surface area contributed by atoms with E-state index in [0.29, 0.717) is 17.9 Å². The van der Waals surface area contributed by atoms with Crippen LogP contribution in [0.15, 0.2) is 78.0 Å². The number of hydrogen-bond donors (Lipinski definition) is 1. The van der Waals surface area contributed by atoms with E-state index in [4.69, 9.17) is 4.74 Å². The number of rotatable bonds is 5. The van der Waals surface area contributed by atoms with Gasteiger partial charge in [-0.2, -0.15) is 0 Å². The van der Waals surface area contributed by atoms with Gasteiger partial charge < -0.3 is 14.5 Å². The molecule has 0 aliphatic carbocycles. The number of nitrogens with one attached hydrogen (secondary N) is 1. The van der Waals surface area contributed by atoms with Crippen LogP contribution in [0.25, 0.3) is 5.65 Å². The first-order chi connectivity index (χ1) is 15.2. The van der Waals surface area contributed by atoms with Gasteiger partial charge in [-0.05, 0) is 48.7 Å². The molecule has 2 aromatic heterocycles. The molecule has 3 heterocycles. The molecule has 0 saturated carbocycles. The number of fused-ring (bicyclic) bond motifs is 2. The standard InChI is InChI=1S/C25H23N3O2S/c1-17-7-6-13-28-15-18(26-24(17)28)16-30-22-10-4-2-9-20(22)25(29)27-21-12-14-31-23-11-5-3-8-19(21)23/h2-11,13,15,21H,12,14,16H2,1H3,(H,27,29). The number of amides is 1. The number of imidazole rings is 1. The summed E-state index contributed by atoms with van der Waals surface area (Å²) < 4.78 is 8.02. The van der Waals surface area contributed by atoms with Crippen LogP contribution in [-0.4, -0.2) is 21.0 Å². The van der Waals surface area contributed by atoms with Crippen LogP contribution in [-0.2, 0) is 6.61 Å². The highest BCUT2D eigenvalue weighted by Crippen LogP contribution is 2.36. The molecule has 1 aliphatic rings. The summed E-state index contributed by atoms with van der Waals surface area (Å²) in [6.07, 6.45) is 4.85. The number of nitrogens with zero attached hydrogens (tertiary/aromatic N) is 2. The van der Waals surface area contributed by atoms with Crippen molar-refractivity contribution < 1.29 is 9.53 Å². The van der Waals surface area contributed by atoms with E-state index in [0.717, 1.165) is 29.1 Å². The zero-order chi connectivity index (χ0) is 21.2. The van der Waals surface area contributed by atoms with Crippen molar-refractivity contribution in [1.82, 2.24) is 14.7 Å². The van der Waals surface area contributed by atoms with Crippen molar-refractivity contribution >= 4 is 23.3 Å². The number of thioether (sulfide) groups is 1. The number of carbonyl (C=O) groups is 1. The third-order valence-electron chi connectivity index (χ3n) is 5.50. The van der Waals surface area contributed by atoms with E-state index in [-0.39, 0.29) is 11.9 Å². The van der Waals surface area contributed by atoms with Gasteiger partial charge in [-0.3, -0.25) is 4.79 Å². The van der Waals surface area contributed by atoms with Crippen LogP contribution in [0.1, 0.15) is 39.6 Å². The van der Waals surface area contributed by atoms with Gasteiger partial charge in [-0.1, -0.05) is 36.4 Å². The van der Waals surface area contributed by atoms with Gasteiger partial charge in [0.1, 0.15) is 18.0 Å². The van der Waals surface area contributed by atoms with E-state index in [9.17, 15) is 4.79 Å². The average molecular weight is 430 g/mol. The summed E-state index contributed by atoms with van der Waals surface area (Å²) in [7, 11) is 0. The lowest BCUT2D eigenvalue weighted by molar-refractivity contribution is 0.0930. The molecule has 1 unspecified atom stereocenters. The molecule has 6 heteroatoms. The van der Waals surface area contributed by atoms with Crippen LogP contribution in [0.5, 0.6) is 5.75 Å². The van der Waals surface area contributed by atoms with E-state index in [2.05, 4.69) is 22.4 Å². The smallest absolute Gasteiger partial charge is 0.255 e. The van der Waals surface area contributed by atoms with Crippen molar-refractivity contribution in [2.75, 3.05) is 5.75 Å². The number of ether oxygens (including phenoxy) is 1. The fourth-order valence-corrected chi connectivity index (χ4v) is 5.06. The van der Waals surface area contributed by atoms with Gasteiger partial charge in [0.2, 0.25) is 0 Å². The lowest BCUT2D eigenvalue weighted by atomic mass is 10.0. The Labute approximate surface area is 185 Å². The summed E-state index contributed by atoms with van der Waals surface area (Å²) in [6, 6.07) is 19.7. The Kier molecular flexibility index (Phi) is 5.38. The Morgan fingerprint density at radius 2 is 2.00 bits per heavy atom. The van der Waals surface area contributed by atoms with E-state index in [1.165, 1.54) is 10.5 Å². The van der Waals surface area contributed by atoms with Crippen LogP contribution >= 0.6 is 11.8 Å². The lowest BCUT2D eigenvalue weighted by Crippen LogP contribution is -2.30. The first-order valence-corrected chi connectivity index (χ1v) is 11.4. The molecule has 1 atom stereocenters. The minimum Gasteiger partial charge on any atom is -0.486 e. The van der Waals surface area contributed by atoms with Gasteiger partial charge in [0.15, 0.2) is 0 Å². The van der Waals surface area contributed by atoms with Crippen molar-refractivity contribution in [1.29, 1.82) is 0 Å². The second kappa shape index (κ2) is 8.47. The van der Waals surface area contributed by atoms with Gasteiger partial charge in [-0.15, -0.1) is 11.8 Å². The van der Waals surface area contributed by atoms with Crippen molar-refractivity contribution in [2.45, 2.75) is 30.9 Å². The van der Waals surface area contributed by atoms with Crippen molar-refractivity contribution in [3.05, 3.63) is 95.4 Å². The highest BCUT2D eigenvalue weighted by molar-refractivity contribution is 7.99. The zero-order valence-corrected chi connectivity index (χ0v) is 18.1. The second-order valence-electron chi connectivity index (χ2n) is 7.64. The summed E-state index contributed by atoms with van der Waals surface area (Å²) in [6.45, 7) is 2.34. The number of hydrogen-bond acceptors (Lipinski definition) is 4. The number of pyridine rings is 1. The molecule has 4 aromatic rings. The average Bonchev–Trinajstić information content (AvgIpc) is 3.23. The molecule has 156 valence electrons. The summed E-state index contributed by atoms with van der Waals surface area (Å²) >= 11 is 1.84.